The molecule has 7 heteroatoms. The molecule has 2 aromatic rings. The van der Waals surface area contributed by atoms with Gasteiger partial charge in [0.2, 0.25) is 0 Å². The fourth-order valence-corrected chi connectivity index (χ4v) is 3.10. The molecule has 1 amide bonds. The van der Waals surface area contributed by atoms with E-state index in [2.05, 4.69) is 10.4 Å². The number of carbonyl (C=O) groups excluding carboxylic acids is 1. The molecule has 27 heavy (non-hydrogen) atoms. The molecule has 0 radical (unpaired) electrons. The normalized spacial score (nSPS) is 10.9. The Balaban J connectivity index is 1.81. The number of aryl methyl sites for hydroxylation is 1. The molecule has 134 valence electrons. The van der Waals surface area contributed by atoms with Crippen molar-refractivity contribution in [3.8, 4) is 16.9 Å². The molecule has 2 aliphatic heterocycles. The van der Waals surface area contributed by atoms with E-state index in [4.69, 9.17) is 11.6 Å². The fourth-order valence-electron chi connectivity index (χ4n) is 2.91. The minimum absolute atomic E-state index is 0.274. The largest absolute Gasteiger partial charge is 0.356 e. The smallest absolute Gasteiger partial charge is 0.282 e. The Morgan fingerprint density at radius 2 is 1.85 bits per heavy atom. The highest BCUT2D eigenvalue weighted by Crippen LogP contribution is 2.23. The summed E-state index contributed by atoms with van der Waals surface area (Å²) in [5, 5.41) is 7.73. The molecule has 4 rings (SSSR count). The summed E-state index contributed by atoms with van der Waals surface area (Å²) in [6.07, 6.45) is 3.31. The Hall–Kier alpha value is -3.38. The van der Waals surface area contributed by atoms with Crippen LogP contribution in [0.5, 0.6) is 0 Å². The zero-order valence-corrected chi connectivity index (χ0v) is 15.1. The molecule has 0 saturated carbocycles. The van der Waals surface area contributed by atoms with E-state index in [1.165, 1.54) is 4.68 Å². The topological polar surface area (TPSA) is 68.9 Å². The predicted molar refractivity (Wildman–Crippen MR) is 105 cm³/mol. The van der Waals surface area contributed by atoms with E-state index in [1.54, 1.807) is 60.4 Å². The quantitative estimate of drug-likeness (QED) is 0.592. The van der Waals surface area contributed by atoms with E-state index in [0.717, 1.165) is 0 Å². The standard InChI is InChI=1S/C20H15ClN4O2/c1-24-11-16(19(26)22-14-7-5-6-13(21)10-14)18-17(12-24)20(27)25(23-18)15-8-3-2-4-9-15/h2-12H,1H3,(H,22,26). The third-order valence-electron chi connectivity index (χ3n) is 4.13. The predicted octanol–water partition coefficient (Wildman–Crippen LogP) is 3.58. The van der Waals surface area contributed by atoms with Crippen LogP contribution in [-0.4, -0.2) is 20.3 Å². The Morgan fingerprint density at radius 1 is 1.07 bits per heavy atom. The fraction of sp³-hybridized carbons (Fsp3) is 0.0500. The molecule has 6 nitrogen and oxygen atoms in total. The summed E-state index contributed by atoms with van der Waals surface area (Å²) >= 11 is 5.97. The van der Waals surface area contributed by atoms with Gasteiger partial charge in [-0.15, -0.1) is 0 Å². The van der Waals surface area contributed by atoms with Crippen molar-refractivity contribution in [2.45, 2.75) is 0 Å². The number of nitrogens with zero attached hydrogens (tertiary/aromatic N) is 3. The van der Waals surface area contributed by atoms with Crippen molar-refractivity contribution in [3.63, 3.8) is 0 Å². The molecule has 0 unspecified atom stereocenters. The van der Waals surface area contributed by atoms with E-state index < -0.39 is 0 Å². The maximum atomic E-state index is 12.8. The Bertz CT molecular complexity index is 1160. The SMILES string of the molecule is Cn1cc(C(=O)Nc2cccc(Cl)c2)c2nn(-c3ccccc3)c(=O)c-2c1. The molecule has 2 aliphatic rings. The third kappa shape index (κ3) is 3.22. The van der Waals surface area contributed by atoms with Gasteiger partial charge in [-0.3, -0.25) is 9.59 Å². The van der Waals surface area contributed by atoms with Gasteiger partial charge in [0.15, 0.2) is 0 Å². The van der Waals surface area contributed by atoms with Gasteiger partial charge < -0.3 is 9.88 Å². The van der Waals surface area contributed by atoms with Crippen LogP contribution in [0.2, 0.25) is 5.02 Å². The van der Waals surface area contributed by atoms with Gasteiger partial charge >= 0.3 is 0 Å². The third-order valence-corrected chi connectivity index (χ3v) is 4.36. The monoisotopic (exact) mass is 378 g/mol. The summed E-state index contributed by atoms with van der Waals surface area (Å²) in [6, 6.07) is 16.0. The van der Waals surface area contributed by atoms with Gasteiger partial charge in [-0.05, 0) is 30.3 Å². The molecule has 0 spiro atoms. The van der Waals surface area contributed by atoms with Gasteiger partial charge in [0.25, 0.3) is 11.5 Å². The van der Waals surface area contributed by atoms with Crippen LogP contribution in [0.1, 0.15) is 10.4 Å². The van der Waals surface area contributed by atoms with Crippen LogP contribution < -0.4 is 10.9 Å². The zero-order chi connectivity index (χ0) is 19.0. The van der Waals surface area contributed by atoms with Crippen molar-refractivity contribution in [2.75, 3.05) is 5.32 Å². The lowest BCUT2D eigenvalue weighted by Gasteiger charge is -2.10. The molecule has 2 aromatic carbocycles. The molecule has 1 N–H and O–H groups in total. The molecule has 0 fully saturated rings. The maximum Gasteiger partial charge on any atom is 0.282 e. The molecule has 0 bridgehead atoms. The number of hydrogen-bond acceptors (Lipinski definition) is 3. The van der Waals surface area contributed by atoms with Crippen LogP contribution >= 0.6 is 11.6 Å². The molecular formula is C20H15ClN4O2. The van der Waals surface area contributed by atoms with Gasteiger partial charge in [0.05, 0.1) is 16.8 Å². The van der Waals surface area contributed by atoms with Crippen LogP contribution in [0, 0.1) is 0 Å². The van der Waals surface area contributed by atoms with Crippen LogP contribution in [0.15, 0.2) is 71.8 Å². The van der Waals surface area contributed by atoms with Crippen LogP contribution in [0.4, 0.5) is 5.69 Å². The van der Waals surface area contributed by atoms with E-state index in [-0.39, 0.29) is 11.5 Å². The summed E-state index contributed by atoms with van der Waals surface area (Å²) in [6.45, 7) is 0. The van der Waals surface area contributed by atoms with Crippen molar-refractivity contribution in [2.24, 2.45) is 7.05 Å². The summed E-state index contributed by atoms with van der Waals surface area (Å²) in [5.41, 5.74) is 1.96. The number of aromatic nitrogens is 3. The lowest BCUT2D eigenvalue weighted by atomic mass is 10.1. The number of rotatable bonds is 3. The first-order chi connectivity index (χ1) is 13.0. The Morgan fingerprint density at radius 3 is 2.59 bits per heavy atom. The lowest BCUT2D eigenvalue weighted by molar-refractivity contribution is 0.102. The van der Waals surface area contributed by atoms with Crippen molar-refractivity contribution < 1.29 is 4.79 Å². The highest BCUT2D eigenvalue weighted by atomic mass is 35.5. The summed E-state index contributed by atoms with van der Waals surface area (Å²) in [4.78, 5) is 25.6. The minimum Gasteiger partial charge on any atom is -0.356 e. The second kappa shape index (κ2) is 6.74. The molecule has 0 saturated heterocycles. The summed E-state index contributed by atoms with van der Waals surface area (Å²) in [5.74, 6) is -0.365. The van der Waals surface area contributed by atoms with E-state index in [9.17, 15) is 9.59 Å². The number of amides is 1. The average molecular weight is 379 g/mol. The molecule has 0 atom stereocenters. The number of fused-ring (bicyclic) bond motifs is 1. The summed E-state index contributed by atoms with van der Waals surface area (Å²) in [7, 11) is 1.76. The zero-order valence-electron chi connectivity index (χ0n) is 14.4. The van der Waals surface area contributed by atoms with Crippen LogP contribution in [0.3, 0.4) is 0 Å². The number of halogens is 1. The number of benzene rings is 2. The van der Waals surface area contributed by atoms with Gasteiger partial charge in [-0.25, -0.2) is 0 Å². The van der Waals surface area contributed by atoms with Crippen molar-refractivity contribution >= 4 is 23.2 Å². The number of nitrogens with one attached hydrogen (secondary N) is 1. The first-order valence-electron chi connectivity index (χ1n) is 8.24. The number of pyridine rings is 1. The second-order valence-electron chi connectivity index (χ2n) is 6.12. The van der Waals surface area contributed by atoms with Crippen molar-refractivity contribution in [1.82, 2.24) is 14.3 Å². The highest BCUT2D eigenvalue weighted by Gasteiger charge is 2.24. The molecule has 2 heterocycles. The highest BCUT2D eigenvalue weighted by molar-refractivity contribution is 6.31. The number of para-hydroxylation sites is 1. The van der Waals surface area contributed by atoms with Gasteiger partial charge in [-0.2, -0.15) is 9.78 Å². The van der Waals surface area contributed by atoms with Gasteiger partial charge in [0.1, 0.15) is 5.69 Å². The van der Waals surface area contributed by atoms with Crippen molar-refractivity contribution in [3.05, 3.63) is 87.9 Å². The van der Waals surface area contributed by atoms with Gasteiger partial charge in [0, 0.05) is 30.2 Å². The average Bonchev–Trinajstić information content (AvgIpc) is 2.98. The van der Waals surface area contributed by atoms with E-state index >= 15 is 0 Å². The van der Waals surface area contributed by atoms with Crippen LogP contribution in [0.25, 0.3) is 16.9 Å². The molecule has 0 aliphatic carbocycles. The first-order valence-corrected chi connectivity index (χ1v) is 8.62. The maximum absolute atomic E-state index is 12.8. The first kappa shape index (κ1) is 17.1. The Kier molecular flexibility index (Phi) is 4.25. The summed E-state index contributed by atoms with van der Waals surface area (Å²) < 4.78 is 2.98. The Labute approximate surface area is 160 Å². The number of hydrogen-bond donors (Lipinski definition) is 1. The van der Waals surface area contributed by atoms with Crippen LogP contribution in [-0.2, 0) is 7.05 Å². The van der Waals surface area contributed by atoms with Crippen molar-refractivity contribution in [1.29, 1.82) is 0 Å². The number of anilines is 1. The number of carbonyl (C=O) groups is 1. The molecular weight excluding hydrogens is 364 g/mol. The molecule has 0 aromatic heterocycles. The van der Waals surface area contributed by atoms with E-state index in [1.807, 2.05) is 18.2 Å². The van der Waals surface area contributed by atoms with Gasteiger partial charge in [-0.1, -0.05) is 35.9 Å². The van der Waals surface area contributed by atoms with E-state index in [0.29, 0.717) is 33.2 Å². The second-order valence-corrected chi connectivity index (χ2v) is 6.55. The minimum atomic E-state index is -0.365. The lowest BCUT2D eigenvalue weighted by Crippen LogP contribution is -2.17.